The summed E-state index contributed by atoms with van der Waals surface area (Å²) in [6.45, 7) is 0. The van der Waals surface area contributed by atoms with Gasteiger partial charge in [0.25, 0.3) is 0 Å². The van der Waals surface area contributed by atoms with Gasteiger partial charge in [-0.25, -0.2) is 9.97 Å². The summed E-state index contributed by atoms with van der Waals surface area (Å²) in [5.74, 6) is 1.06. The number of anilines is 1. The molecule has 0 bridgehead atoms. The minimum Gasteiger partial charge on any atom is -0.504 e. The average Bonchev–Trinajstić information content (AvgIpc) is 2.47. The van der Waals surface area contributed by atoms with Gasteiger partial charge in [-0.15, -0.1) is 0 Å². The van der Waals surface area contributed by atoms with E-state index in [1.807, 2.05) is 12.1 Å². The molecule has 0 fully saturated rings. The molecule has 2 aromatic carbocycles. The standard InChI is InChI=1S/C15H13N3O2/c1-20-14-7-12-10(6-13(14)19)8-17-15(18-12)9-2-4-11(16)5-3-9/h2-8,19H,16H2,1H3. The van der Waals surface area contributed by atoms with Crippen molar-refractivity contribution in [1.29, 1.82) is 0 Å². The predicted octanol–water partition coefficient (Wildman–Crippen LogP) is 2.59. The van der Waals surface area contributed by atoms with Gasteiger partial charge in [0.05, 0.1) is 12.6 Å². The highest BCUT2D eigenvalue weighted by atomic mass is 16.5. The molecule has 3 N–H and O–H groups in total. The Bertz CT molecular complexity index is 770. The van der Waals surface area contributed by atoms with Crippen LogP contribution in [0.2, 0.25) is 0 Å². The lowest BCUT2D eigenvalue weighted by atomic mass is 10.1. The highest BCUT2D eigenvalue weighted by molar-refractivity contribution is 5.83. The van der Waals surface area contributed by atoms with E-state index < -0.39 is 0 Å². The van der Waals surface area contributed by atoms with Gasteiger partial charge in [0.15, 0.2) is 17.3 Å². The van der Waals surface area contributed by atoms with Crippen molar-refractivity contribution in [1.82, 2.24) is 9.97 Å². The molecule has 1 heterocycles. The Morgan fingerprint density at radius 2 is 1.90 bits per heavy atom. The fraction of sp³-hybridized carbons (Fsp3) is 0.0667. The molecule has 0 aliphatic rings. The van der Waals surface area contributed by atoms with Crippen LogP contribution >= 0.6 is 0 Å². The number of nitrogens with zero attached hydrogens (tertiary/aromatic N) is 2. The second-order valence-corrected chi connectivity index (χ2v) is 4.40. The molecule has 0 aliphatic carbocycles. The van der Waals surface area contributed by atoms with Gasteiger partial charge in [0.2, 0.25) is 0 Å². The van der Waals surface area contributed by atoms with E-state index in [9.17, 15) is 5.11 Å². The van der Waals surface area contributed by atoms with Crippen LogP contribution in [0.4, 0.5) is 5.69 Å². The molecule has 0 saturated carbocycles. The molecule has 0 aliphatic heterocycles. The molecular weight excluding hydrogens is 254 g/mol. The van der Waals surface area contributed by atoms with Gasteiger partial charge in [0.1, 0.15) is 0 Å². The van der Waals surface area contributed by atoms with E-state index in [2.05, 4.69) is 9.97 Å². The van der Waals surface area contributed by atoms with Crippen LogP contribution in [0.1, 0.15) is 0 Å². The first-order valence-corrected chi connectivity index (χ1v) is 6.07. The van der Waals surface area contributed by atoms with Gasteiger partial charge in [-0.3, -0.25) is 0 Å². The van der Waals surface area contributed by atoms with Crippen LogP contribution in [-0.2, 0) is 0 Å². The number of phenolic OH excluding ortho intramolecular Hbond substituents is 1. The normalized spacial score (nSPS) is 10.7. The minimum absolute atomic E-state index is 0.0730. The summed E-state index contributed by atoms with van der Waals surface area (Å²) in [4.78, 5) is 8.78. The van der Waals surface area contributed by atoms with Gasteiger partial charge in [-0.1, -0.05) is 0 Å². The highest BCUT2D eigenvalue weighted by Gasteiger charge is 2.08. The number of nitrogen functional groups attached to an aromatic ring is 1. The lowest BCUT2D eigenvalue weighted by Crippen LogP contribution is -1.92. The quantitative estimate of drug-likeness (QED) is 0.697. The van der Waals surface area contributed by atoms with Crippen molar-refractivity contribution in [3.05, 3.63) is 42.6 Å². The third-order valence-corrected chi connectivity index (χ3v) is 3.05. The minimum atomic E-state index is 0.0730. The molecule has 3 rings (SSSR count). The highest BCUT2D eigenvalue weighted by Crippen LogP contribution is 2.30. The van der Waals surface area contributed by atoms with Crippen LogP contribution in [0.25, 0.3) is 22.3 Å². The maximum atomic E-state index is 9.73. The second-order valence-electron chi connectivity index (χ2n) is 4.40. The van der Waals surface area contributed by atoms with Crippen molar-refractivity contribution < 1.29 is 9.84 Å². The smallest absolute Gasteiger partial charge is 0.162 e. The number of aromatic nitrogens is 2. The number of hydrogen-bond acceptors (Lipinski definition) is 5. The molecule has 5 heteroatoms. The van der Waals surface area contributed by atoms with Crippen molar-refractivity contribution in [2.24, 2.45) is 0 Å². The molecule has 1 aromatic heterocycles. The second kappa shape index (κ2) is 4.70. The Morgan fingerprint density at radius 1 is 1.15 bits per heavy atom. The van der Waals surface area contributed by atoms with E-state index in [4.69, 9.17) is 10.5 Å². The van der Waals surface area contributed by atoms with Crippen LogP contribution in [0.3, 0.4) is 0 Å². The van der Waals surface area contributed by atoms with Crippen LogP contribution in [0, 0.1) is 0 Å². The molecule has 0 atom stereocenters. The van der Waals surface area contributed by atoms with Gasteiger partial charge in [-0.05, 0) is 30.3 Å². The number of phenols is 1. The molecule has 100 valence electrons. The Hall–Kier alpha value is -2.82. The van der Waals surface area contributed by atoms with Crippen LogP contribution < -0.4 is 10.5 Å². The fourth-order valence-electron chi connectivity index (χ4n) is 1.98. The number of benzene rings is 2. The lowest BCUT2D eigenvalue weighted by Gasteiger charge is -2.06. The molecular formula is C15H13N3O2. The third-order valence-electron chi connectivity index (χ3n) is 3.05. The zero-order valence-electron chi connectivity index (χ0n) is 10.9. The van der Waals surface area contributed by atoms with Gasteiger partial charge in [-0.2, -0.15) is 0 Å². The molecule has 0 saturated heterocycles. The molecule has 0 spiro atoms. The fourth-order valence-corrected chi connectivity index (χ4v) is 1.98. The number of fused-ring (bicyclic) bond motifs is 1. The van der Waals surface area contributed by atoms with Crippen molar-refractivity contribution >= 4 is 16.6 Å². The van der Waals surface area contributed by atoms with Crippen molar-refractivity contribution in [3.63, 3.8) is 0 Å². The number of nitrogens with two attached hydrogens (primary N) is 1. The molecule has 0 unspecified atom stereocenters. The van der Waals surface area contributed by atoms with Crippen molar-refractivity contribution in [2.45, 2.75) is 0 Å². The topological polar surface area (TPSA) is 81.3 Å². The number of hydrogen-bond donors (Lipinski definition) is 2. The first kappa shape index (κ1) is 12.2. The van der Waals surface area contributed by atoms with Crippen LogP contribution in [0.15, 0.2) is 42.6 Å². The Kier molecular flexibility index (Phi) is 2.87. The summed E-state index contributed by atoms with van der Waals surface area (Å²) in [6.07, 6.45) is 1.67. The summed E-state index contributed by atoms with van der Waals surface area (Å²) >= 11 is 0. The monoisotopic (exact) mass is 267 g/mol. The molecule has 5 nitrogen and oxygen atoms in total. The summed E-state index contributed by atoms with van der Waals surface area (Å²) in [5, 5.41) is 10.5. The van der Waals surface area contributed by atoms with E-state index in [0.717, 1.165) is 10.9 Å². The number of methoxy groups -OCH3 is 1. The summed E-state index contributed by atoms with van der Waals surface area (Å²) in [5.41, 5.74) is 7.95. The summed E-state index contributed by atoms with van der Waals surface area (Å²) in [6, 6.07) is 10.6. The molecule has 3 aromatic rings. The first-order valence-electron chi connectivity index (χ1n) is 6.07. The van der Waals surface area contributed by atoms with E-state index >= 15 is 0 Å². The Labute approximate surface area is 115 Å². The van der Waals surface area contributed by atoms with Gasteiger partial charge < -0.3 is 15.6 Å². The van der Waals surface area contributed by atoms with Crippen molar-refractivity contribution in [3.8, 4) is 22.9 Å². The van der Waals surface area contributed by atoms with Crippen molar-refractivity contribution in [2.75, 3.05) is 12.8 Å². The molecule has 0 radical (unpaired) electrons. The first-order chi connectivity index (χ1) is 9.67. The average molecular weight is 267 g/mol. The van der Waals surface area contributed by atoms with E-state index in [-0.39, 0.29) is 5.75 Å². The predicted molar refractivity (Wildman–Crippen MR) is 77.6 cm³/mol. The number of rotatable bonds is 2. The van der Waals surface area contributed by atoms with E-state index in [1.165, 1.54) is 7.11 Å². The number of ether oxygens (including phenoxy) is 1. The summed E-state index contributed by atoms with van der Waals surface area (Å²) < 4.78 is 5.09. The third kappa shape index (κ3) is 2.09. The zero-order valence-corrected chi connectivity index (χ0v) is 10.9. The largest absolute Gasteiger partial charge is 0.504 e. The lowest BCUT2D eigenvalue weighted by molar-refractivity contribution is 0.374. The maximum absolute atomic E-state index is 9.73. The summed E-state index contributed by atoms with van der Waals surface area (Å²) in [7, 11) is 1.50. The zero-order chi connectivity index (χ0) is 14.1. The molecule has 0 amide bonds. The van der Waals surface area contributed by atoms with E-state index in [0.29, 0.717) is 22.8 Å². The molecule has 20 heavy (non-hydrogen) atoms. The Balaban J connectivity index is 2.14. The van der Waals surface area contributed by atoms with Crippen LogP contribution in [-0.4, -0.2) is 22.2 Å². The van der Waals surface area contributed by atoms with E-state index in [1.54, 1.807) is 30.5 Å². The number of aromatic hydroxyl groups is 1. The SMILES string of the molecule is COc1cc2nc(-c3ccc(N)cc3)ncc2cc1O. The van der Waals surface area contributed by atoms with Crippen LogP contribution in [0.5, 0.6) is 11.5 Å². The van der Waals surface area contributed by atoms with Gasteiger partial charge >= 0.3 is 0 Å². The Morgan fingerprint density at radius 3 is 2.60 bits per heavy atom. The van der Waals surface area contributed by atoms with Gasteiger partial charge in [0, 0.05) is 28.9 Å². The maximum Gasteiger partial charge on any atom is 0.162 e.